The van der Waals surface area contributed by atoms with Crippen molar-refractivity contribution in [1.82, 2.24) is 4.57 Å². The van der Waals surface area contributed by atoms with Gasteiger partial charge in [-0.25, -0.2) is 4.39 Å². The molecule has 3 nitrogen and oxygen atoms in total. The molecule has 1 heterocycles. The average molecular weight is 274 g/mol. The number of aromatic nitrogens is 1. The van der Waals surface area contributed by atoms with Crippen molar-refractivity contribution in [2.75, 3.05) is 5.32 Å². The van der Waals surface area contributed by atoms with Gasteiger partial charge in [0.1, 0.15) is 5.82 Å². The summed E-state index contributed by atoms with van der Waals surface area (Å²) in [5, 5.41) is 2.84. The number of hydrogen-bond donors (Lipinski definition) is 1. The summed E-state index contributed by atoms with van der Waals surface area (Å²) in [6, 6.07) is 4.57. The first-order chi connectivity index (χ1) is 9.43. The molecule has 0 fully saturated rings. The Morgan fingerprint density at radius 2 is 2.00 bits per heavy atom. The van der Waals surface area contributed by atoms with Crippen LogP contribution >= 0.6 is 0 Å². The lowest BCUT2D eigenvalue weighted by Gasteiger charge is -2.09. The molecule has 2 rings (SSSR count). The molecule has 1 aromatic heterocycles. The number of nitrogens with zero attached hydrogens (tertiary/aromatic N) is 1. The molecule has 1 N–H and O–H groups in total. The zero-order valence-electron chi connectivity index (χ0n) is 12.2. The average Bonchev–Trinajstić information content (AvgIpc) is 2.68. The lowest BCUT2D eigenvalue weighted by Crippen LogP contribution is -2.15. The minimum Gasteiger partial charge on any atom is -0.353 e. The van der Waals surface area contributed by atoms with E-state index in [2.05, 4.69) is 5.32 Å². The quantitative estimate of drug-likeness (QED) is 0.911. The van der Waals surface area contributed by atoms with E-state index in [4.69, 9.17) is 0 Å². The highest BCUT2D eigenvalue weighted by atomic mass is 19.1. The largest absolute Gasteiger partial charge is 0.353 e. The Balaban J connectivity index is 2.30. The van der Waals surface area contributed by atoms with Crippen molar-refractivity contribution in [3.63, 3.8) is 0 Å². The van der Waals surface area contributed by atoms with Crippen molar-refractivity contribution in [2.45, 2.75) is 27.2 Å². The van der Waals surface area contributed by atoms with Crippen LogP contribution in [0.4, 0.5) is 10.1 Å². The van der Waals surface area contributed by atoms with Crippen LogP contribution in [0.1, 0.15) is 34.1 Å². The number of aryl methyl sites for hydroxylation is 3. The van der Waals surface area contributed by atoms with Crippen molar-refractivity contribution in [1.29, 1.82) is 0 Å². The zero-order chi connectivity index (χ0) is 14.9. The smallest absolute Gasteiger partial charge is 0.257 e. The second kappa shape index (κ2) is 5.49. The maximum atomic E-state index is 13.2. The molecule has 20 heavy (non-hydrogen) atoms. The second-order valence-electron chi connectivity index (χ2n) is 5.02. The molecule has 0 radical (unpaired) electrons. The van der Waals surface area contributed by atoms with E-state index in [1.54, 1.807) is 19.1 Å². The Morgan fingerprint density at radius 1 is 1.30 bits per heavy atom. The molecule has 0 saturated heterocycles. The van der Waals surface area contributed by atoms with E-state index in [1.807, 2.05) is 31.7 Å². The van der Waals surface area contributed by atoms with Gasteiger partial charge in [-0.05, 0) is 49.6 Å². The first kappa shape index (κ1) is 14.3. The van der Waals surface area contributed by atoms with E-state index in [-0.39, 0.29) is 11.7 Å². The molecule has 0 atom stereocenters. The molecule has 0 bridgehead atoms. The molecule has 1 aromatic carbocycles. The van der Waals surface area contributed by atoms with Gasteiger partial charge in [0.15, 0.2) is 0 Å². The third-order valence-electron chi connectivity index (χ3n) is 3.47. The maximum absolute atomic E-state index is 13.2. The molecule has 106 valence electrons. The minimum absolute atomic E-state index is 0.147. The SMILES string of the molecule is CCc1c(C(=O)Nc2ccc(F)c(C)c2)c(C)cn1C. The van der Waals surface area contributed by atoms with Gasteiger partial charge in [-0.15, -0.1) is 0 Å². The normalized spacial score (nSPS) is 10.7. The van der Waals surface area contributed by atoms with Crippen LogP contribution in [-0.4, -0.2) is 10.5 Å². The minimum atomic E-state index is -0.270. The van der Waals surface area contributed by atoms with E-state index >= 15 is 0 Å². The summed E-state index contributed by atoms with van der Waals surface area (Å²) < 4.78 is 15.2. The van der Waals surface area contributed by atoms with Gasteiger partial charge < -0.3 is 9.88 Å². The van der Waals surface area contributed by atoms with Crippen LogP contribution in [0.25, 0.3) is 0 Å². The van der Waals surface area contributed by atoms with Gasteiger partial charge in [-0.3, -0.25) is 4.79 Å². The van der Waals surface area contributed by atoms with Crippen LogP contribution in [0.2, 0.25) is 0 Å². The van der Waals surface area contributed by atoms with Crippen molar-refractivity contribution in [3.05, 3.63) is 52.6 Å². The Labute approximate surface area is 118 Å². The van der Waals surface area contributed by atoms with Crippen molar-refractivity contribution in [3.8, 4) is 0 Å². The Hall–Kier alpha value is -2.10. The number of benzene rings is 1. The molecule has 4 heteroatoms. The number of anilines is 1. The number of hydrogen-bond acceptors (Lipinski definition) is 1. The number of halogens is 1. The Bertz CT molecular complexity index is 659. The van der Waals surface area contributed by atoms with E-state index in [0.29, 0.717) is 16.8 Å². The van der Waals surface area contributed by atoms with Gasteiger partial charge in [-0.2, -0.15) is 0 Å². The lowest BCUT2D eigenvalue weighted by atomic mass is 10.1. The topological polar surface area (TPSA) is 34.0 Å². The fourth-order valence-electron chi connectivity index (χ4n) is 2.49. The summed E-state index contributed by atoms with van der Waals surface area (Å²) in [7, 11) is 1.94. The summed E-state index contributed by atoms with van der Waals surface area (Å²) in [5.41, 5.74) is 3.78. The summed E-state index contributed by atoms with van der Waals surface area (Å²) in [5.74, 6) is -0.418. The second-order valence-corrected chi connectivity index (χ2v) is 5.02. The van der Waals surface area contributed by atoms with Gasteiger partial charge >= 0.3 is 0 Å². The first-order valence-electron chi connectivity index (χ1n) is 6.66. The molecular formula is C16H19FN2O. The predicted octanol–water partition coefficient (Wildman–Crippen LogP) is 3.60. The molecule has 0 spiro atoms. The molecule has 0 unspecified atom stereocenters. The number of nitrogens with one attached hydrogen (secondary N) is 1. The molecule has 0 saturated carbocycles. The van der Waals surface area contributed by atoms with Crippen molar-refractivity contribution in [2.24, 2.45) is 7.05 Å². The number of rotatable bonds is 3. The van der Waals surface area contributed by atoms with Crippen LogP contribution in [-0.2, 0) is 13.5 Å². The summed E-state index contributed by atoms with van der Waals surface area (Å²) in [6.07, 6.45) is 2.74. The van der Waals surface area contributed by atoms with Gasteiger partial charge in [-0.1, -0.05) is 6.92 Å². The summed E-state index contributed by atoms with van der Waals surface area (Å²) >= 11 is 0. The van der Waals surface area contributed by atoms with E-state index in [9.17, 15) is 9.18 Å². The van der Waals surface area contributed by atoms with Crippen LogP contribution < -0.4 is 5.32 Å². The van der Waals surface area contributed by atoms with Crippen LogP contribution in [0.15, 0.2) is 24.4 Å². The Morgan fingerprint density at radius 3 is 2.60 bits per heavy atom. The van der Waals surface area contributed by atoms with Crippen molar-refractivity contribution >= 4 is 11.6 Å². The third kappa shape index (κ3) is 2.59. The number of carbonyl (C=O) groups excluding carboxylic acids is 1. The predicted molar refractivity (Wildman–Crippen MR) is 78.6 cm³/mol. The monoisotopic (exact) mass is 274 g/mol. The molecule has 1 amide bonds. The molecule has 0 aliphatic rings. The molecule has 0 aliphatic carbocycles. The summed E-state index contributed by atoms with van der Waals surface area (Å²) in [4.78, 5) is 12.4. The van der Waals surface area contributed by atoms with Gasteiger partial charge in [0.2, 0.25) is 0 Å². The highest BCUT2D eigenvalue weighted by molar-refractivity contribution is 6.06. The van der Waals surface area contributed by atoms with Gasteiger partial charge in [0.25, 0.3) is 5.91 Å². The summed E-state index contributed by atoms with van der Waals surface area (Å²) in [6.45, 7) is 5.62. The van der Waals surface area contributed by atoms with Gasteiger partial charge in [0, 0.05) is 24.6 Å². The van der Waals surface area contributed by atoms with E-state index in [1.165, 1.54) is 6.07 Å². The highest BCUT2D eigenvalue weighted by Crippen LogP contribution is 2.20. The fraction of sp³-hybridized carbons (Fsp3) is 0.312. The molecular weight excluding hydrogens is 255 g/mol. The molecule has 2 aromatic rings. The molecule has 0 aliphatic heterocycles. The maximum Gasteiger partial charge on any atom is 0.257 e. The number of amides is 1. The van der Waals surface area contributed by atoms with Crippen LogP contribution in [0.5, 0.6) is 0 Å². The van der Waals surface area contributed by atoms with Crippen LogP contribution in [0, 0.1) is 19.7 Å². The van der Waals surface area contributed by atoms with Gasteiger partial charge in [0.05, 0.1) is 5.56 Å². The zero-order valence-corrected chi connectivity index (χ0v) is 12.2. The first-order valence-corrected chi connectivity index (χ1v) is 6.66. The standard InChI is InChI=1S/C16H19FN2O/c1-5-14-15(11(3)9-19(14)4)16(20)18-12-6-7-13(17)10(2)8-12/h6-9H,5H2,1-4H3,(H,18,20). The number of carbonyl (C=O) groups is 1. The highest BCUT2D eigenvalue weighted by Gasteiger charge is 2.17. The third-order valence-corrected chi connectivity index (χ3v) is 3.47. The van der Waals surface area contributed by atoms with E-state index in [0.717, 1.165) is 17.7 Å². The lowest BCUT2D eigenvalue weighted by molar-refractivity contribution is 0.102. The fourth-order valence-corrected chi connectivity index (χ4v) is 2.49. The van der Waals surface area contributed by atoms with Crippen LogP contribution in [0.3, 0.4) is 0 Å². The van der Waals surface area contributed by atoms with E-state index < -0.39 is 0 Å². The van der Waals surface area contributed by atoms with Crippen molar-refractivity contribution < 1.29 is 9.18 Å². The Kier molecular flexibility index (Phi) is 3.93.